The Hall–Kier alpha value is -6.44. The maximum Gasteiger partial charge on any atom is 0.136 e. The molecule has 244 valence electrons. The fourth-order valence-electron chi connectivity index (χ4n) is 8.74. The molecular weight excluding hydrogens is 629 g/mol. The van der Waals surface area contributed by atoms with Crippen LogP contribution < -0.4 is 0 Å². The second kappa shape index (κ2) is 10.8. The summed E-state index contributed by atoms with van der Waals surface area (Å²) in [4.78, 5) is 0. The van der Waals surface area contributed by atoms with Crippen molar-refractivity contribution in [2.45, 2.75) is 19.3 Å². The van der Waals surface area contributed by atoms with Crippen molar-refractivity contribution in [2.75, 3.05) is 0 Å². The molecule has 0 atom stereocenters. The molecule has 10 aromatic rings. The molecule has 1 aliphatic rings. The maximum atomic E-state index is 9.57. The van der Waals surface area contributed by atoms with Crippen LogP contribution in [0.4, 0.5) is 0 Å². The molecule has 1 nitrogen and oxygen atoms in total. The van der Waals surface area contributed by atoms with E-state index in [0.29, 0.717) is 38.8 Å². The smallest absolute Gasteiger partial charge is 0.136 e. The zero-order valence-corrected chi connectivity index (χ0v) is 28.5. The Kier molecular flexibility index (Phi) is 4.64. The SMILES string of the molecule is [2H]c1c([2H])c([2H])c2c(-c3cccc4oc5cc6ccccc6cc5c34)c3c([2H])c([2H])c([2H])c([2H])c3c(-c3cccc(-c4cccc5c4-c4ccccc4C5(C)C)c3)c2c1[2H]. The van der Waals surface area contributed by atoms with Crippen LogP contribution in [0.2, 0.25) is 0 Å². The van der Waals surface area contributed by atoms with Crippen LogP contribution in [0.5, 0.6) is 0 Å². The van der Waals surface area contributed by atoms with Gasteiger partial charge in [0, 0.05) is 16.2 Å². The lowest BCUT2D eigenvalue weighted by atomic mass is 9.81. The van der Waals surface area contributed by atoms with E-state index < -0.39 is 24.2 Å². The maximum absolute atomic E-state index is 9.57. The van der Waals surface area contributed by atoms with Crippen molar-refractivity contribution in [2.24, 2.45) is 0 Å². The van der Waals surface area contributed by atoms with Gasteiger partial charge in [0.2, 0.25) is 0 Å². The van der Waals surface area contributed by atoms with Gasteiger partial charge in [0.25, 0.3) is 0 Å². The fourth-order valence-corrected chi connectivity index (χ4v) is 8.74. The summed E-state index contributed by atoms with van der Waals surface area (Å²) in [6, 6.07) is 37.0. The standard InChI is InChI=1S/C51H34O/c1-51(2)43-25-10-9-22-40(43)49-35(23-12-26-44(49)51)33-16-11-17-34(28-33)47-36-18-5-7-20-38(36)48(39-21-8-6-19-37(39)47)41-24-13-27-45-50(41)42-29-31-14-3-4-15-32(31)30-46(42)52-45/h3-30H,1-2H3/i5D,6D,7D,8D,18D,19D,20D,21D. The number of furan rings is 1. The van der Waals surface area contributed by atoms with Crippen LogP contribution in [0.3, 0.4) is 0 Å². The summed E-state index contributed by atoms with van der Waals surface area (Å²) in [5.74, 6) is 0. The molecule has 0 unspecified atom stereocenters. The molecule has 1 heteroatoms. The molecular formula is C51H34O. The van der Waals surface area contributed by atoms with E-state index in [2.05, 4.69) is 50.2 Å². The summed E-state index contributed by atoms with van der Waals surface area (Å²) in [5, 5.41) is 4.10. The van der Waals surface area contributed by atoms with E-state index in [1.54, 1.807) is 0 Å². The largest absolute Gasteiger partial charge is 0.456 e. The van der Waals surface area contributed by atoms with E-state index in [9.17, 15) is 5.48 Å². The molecule has 0 amide bonds. The Labute approximate surface area is 313 Å². The van der Waals surface area contributed by atoms with Crippen molar-refractivity contribution >= 4 is 54.3 Å². The lowest BCUT2D eigenvalue weighted by Gasteiger charge is -2.21. The normalized spacial score (nSPS) is 15.5. The molecule has 0 bridgehead atoms. The van der Waals surface area contributed by atoms with Crippen molar-refractivity contribution in [1.29, 1.82) is 0 Å². The zero-order valence-electron chi connectivity index (χ0n) is 36.5. The van der Waals surface area contributed by atoms with Gasteiger partial charge in [-0.1, -0.05) is 159 Å². The summed E-state index contributed by atoms with van der Waals surface area (Å²) >= 11 is 0. The van der Waals surface area contributed by atoms with Crippen molar-refractivity contribution in [3.8, 4) is 44.5 Å². The molecule has 11 rings (SSSR count). The average Bonchev–Trinajstić information content (AvgIpc) is 3.75. The average molecular weight is 671 g/mol. The molecule has 1 aliphatic carbocycles. The fraction of sp³-hybridized carbons (Fsp3) is 0.0588. The molecule has 0 saturated carbocycles. The Balaban J connectivity index is 1.31. The Morgan fingerprint density at radius 1 is 0.442 bits per heavy atom. The highest BCUT2D eigenvalue weighted by Crippen LogP contribution is 2.53. The van der Waals surface area contributed by atoms with Crippen LogP contribution in [0.15, 0.2) is 174 Å². The first-order chi connectivity index (χ1) is 28.9. The quantitative estimate of drug-likeness (QED) is 0.171. The van der Waals surface area contributed by atoms with E-state index in [4.69, 9.17) is 9.90 Å². The number of hydrogen-bond donors (Lipinski definition) is 0. The summed E-state index contributed by atoms with van der Waals surface area (Å²) in [5.41, 5.74) is 9.20. The van der Waals surface area contributed by atoms with Gasteiger partial charge in [-0.25, -0.2) is 0 Å². The summed E-state index contributed by atoms with van der Waals surface area (Å²) in [6.45, 7) is 4.46. The Bertz CT molecular complexity index is 3480. The Morgan fingerprint density at radius 3 is 1.79 bits per heavy atom. The molecule has 0 aliphatic heterocycles. The van der Waals surface area contributed by atoms with Gasteiger partial charge in [0.05, 0.1) is 11.0 Å². The van der Waals surface area contributed by atoms with Gasteiger partial charge in [0.1, 0.15) is 11.2 Å². The minimum absolute atomic E-state index is 0.165. The number of fused-ring (bicyclic) bond motifs is 9. The van der Waals surface area contributed by atoms with Crippen LogP contribution in [-0.2, 0) is 5.41 Å². The van der Waals surface area contributed by atoms with E-state index in [0.717, 1.165) is 38.4 Å². The first kappa shape index (κ1) is 22.4. The van der Waals surface area contributed by atoms with Crippen molar-refractivity contribution in [1.82, 2.24) is 0 Å². The molecule has 0 N–H and O–H groups in total. The van der Waals surface area contributed by atoms with Gasteiger partial charge in [-0.15, -0.1) is 0 Å². The van der Waals surface area contributed by atoms with Gasteiger partial charge in [0.15, 0.2) is 0 Å². The van der Waals surface area contributed by atoms with Crippen LogP contribution in [0.1, 0.15) is 35.9 Å². The van der Waals surface area contributed by atoms with Gasteiger partial charge in [-0.2, -0.15) is 0 Å². The Morgan fingerprint density at radius 2 is 1.02 bits per heavy atom. The summed E-state index contributed by atoms with van der Waals surface area (Å²) in [6.07, 6.45) is 0. The monoisotopic (exact) mass is 670 g/mol. The topological polar surface area (TPSA) is 13.1 Å². The van der Waals surface area contributed by atoms with Crippen molar-refractivity contribution in [3.05, 3.63) is 181 Å². The second-order valence-corrected chi connectivity index (χ2v) is 14.2. The van der Waals surface area contributed by atoms with Gasteiger partial charge in [-0.3, -0.25) is 0 Å². The van der Waals surface area contributed by atoms with E-state index in [1.165, 1.54) is 11.1 Å². The van der Waals surface area contributed by atoms with E-state index >= 15 is 0 Å². The predicted molar refractivity (Wildman–Crippen MR) is 220 cm³/mol. The second-order valence-electron chi connectivity index (χ2n) is 14.2. The first-order valence-electron chi connectivity index (χ1n) is 21.5. The number of benzene rings is 9. The van der Waals surface area contributed by atoms with Gasteiger partial charge >= 0.3 is 0 Å². The van der Waals surface area contributed by atoms with Crippen LogP contribution >= 0.6 is 0 Å². The summed E-state index contributed by atoms with van der Waals surface area (Å²) in [7, 11) is 0. The van der Waals surface area contributed by atoms with Crippen LogP contribution in [-0.4, -0.2) is 0 Å². The lowest BCUT2D eigenvalue weighted by molar-refractivity contribution is 0.660. The van der Waals surface area contributed by atoms with E-state index in [1.807, 2.05) is 84.9 Å². The molecule has 1 aromatic heterocycles. The minimum Gasteiger partial charge on any atom is -0.456 e. The lowest BCUT2D eigenvalue weighted by Crippen LogP contribution is -2.14. The minimum atomic E-state index is -0.440. The van der Waals surface area contributed by atoms with Crippen molar-refractivity contribution in [3.63, 3.8) is 0 Å². The number of rotatable bonds is 3. The predicted octanol–water partition coefficient (Wildman–Crippen LogP) is 14.4. The highest BCUT2D eigenvalue weighted by Gasteiger charge is 2.36. The molecule has 0 spiro atoms. The molecule has 52 heavy (non-hydrogen) atoms. The molecule has 9 aromatic carbocycles. The highest BCUT2D eigenvalue weighted by atomic mass is 16.3. The third-order valence-electron chi connectivity index (χ3n) is 11.1. The highest BCUT2D eigenvalue weighted by molar-refractivity contribution is 6.26. The molecule has 0 radical (unpaired) electrons. The van der Waals surface area contributed by atoms with E-state index in [-0.39, 0.29) is 51.1 Å². The third kappa shape index (κ3) is 4.05. The molecule has 0 saturated heterocycles. The summed E-state index contributed by atoms with van der Waals surface area (Å²) < 4.78 is 80.6. The molecule has 1 heterocycles. The van der Waals surface area contributed by atoms with Crippen LogP contribution in [0, 0.1) is 0 Å². The van der Waals surface area contributed by atoms with Gasteiger partial charge in [-0.05, 0) is 112 Å². The third-order valence-corrected chi connectivity index (χ3v) is 11.1. The van der Waals surface area contributed by atoms with Gasteiger partial charge < -0.3 is 4.42 Å². The number of hydrogen-bond acceptors (Lipinski definition) is 1. The zero-order chi connectivity index (χ0) is 41.5. The van der Waals surface area contributed by atoms with Crippen molar-refractivity contribution < 1.29 is 15.4 Å². The van der Waals surface area contributed by atoms with Crippen LogP contribution in [0.25, 0.3) is 98.8 Å². The molecule has 0 fully saturated rings. The first-order valence-corrected chi connectivity index (χ1v) is 17.5.